The minimum Gasteiger partial charge on any atom is -0.507 e. The van der Waals surface area contributed by atoms with Gasteiger partial charge in [-0.1, -0.05) is 19.3 Å². The number of phenols is 1. The van der Waals surface area contributed by atoms with Gasteiger partial charge >= 0.3 is 0 Å². The van der Waals surface area contributed by atoms with Crippen LogP contribution in [0.1, 0.15) is 51.5 Å². The molecule has 0 atom stereocenters. The second kappa shape index (κ2) is 8.56. The summed E-state index contributed by atoms with van der Waals surface area (Å²) in [4.78, 5) is 14.2. The molecule has 5 heteroatoms. The number of nitrogens with zero attached hydrogens (tertiary/aromatic N) is 2. The highest BCUT2D eigenvalue weighted by molar-refractivity contribution is 5.86. The van der Waals surface area contributed by atoms with Crippen molar-refractivity contribution in [3.63, 3.8) is 0 Å². The molecule has 5 nitrogen and oxygen atoms in total. The van der Waals surface area contributed by atoms with Crippen molar-refractivity contribution in [3.05, 3.63) is 23.8 Å². The molecule has 1 aliphatic carbocycles. The van der Waals surface area contributed by atoms with Crippen molar-refractivity contribution in [2.45, 2.75) is 46.0 Å². The monoisotopic (exact) mass is 317 g/mol. The molecule has 0 aliphatic heterocycles. The number of aromatic hydroxyl groups is 1. The molecule has 0 heterocycles. The molecular formula is C18H27N3O2. The summed E-state index contributed by atoms with van der Waals surface area (Å²) in [6.07, 6.45) is 6.86. The molecule has 126 valence electrons. The van der Waals surface area contributed by atoms with E-state index in [0.717, 1.165) is 44.5 Å². The first-order valence-corrected chi connectivity index (χ1v) is 8.56. The van der Waals surface area contributed by atoms with Crippen LogP contribution in [-0.2, 0) is 4.79 Å². The number of phenolic OH excluding ortho intramolecular Hbond substituents is 1. The number of benzene rings is 1. The highest BCUT2D eigenvalue weighted by atomic mass is 16.3. The molecule has 2 N–H and O–H groups in total. The third kappa shape index (κ3) is 4.71. The van der Waals surface area contributed by atoms with Crippen LogP contribution in [-0.4, -0.2) is 30.3 Å². The second-order valence-electron chi connectivity index (χ2n) is 5.98. The summed E-state index contributed by atoms with van der Waals surface area (Å²) in [7, 11) is 0. The van der Waals surface area contributed by atoms with Crippen LogP contribution >= 0.6 is 0 Å². The van der Waals surface area contributed by atoms with Crippen LogP contribution < -0.4 is 10.3 Å². The summed E-state index contributed by atoms with van der Waals surface area (Å²) in [5.41, 5.74) is 4.18. The summed E-state index contributed by atoms with van der Waals surface area (Å²) in [5.74, 6) is 0.241. The van der Waals surface area contributed by atoms with Crippen molar-refractivity contribution in [2.75, 3.05) is 18.0 Å². The third-order valence-corrected chi connectivity index (χ3v) is 4.50. The minimum atomic E-state index is -0.0137. The molecule has 1 fully saturated rings. The van der Waals surface area contributed by atoms with E-state index in [1.807, 2.05) is 12.1 Å². The van der Waals surface area contributed by atoms with Crippen molar-refractivity contribution in [2.24, 2.45) is 11.0 Å². The molecule has 0 aromatic heterocycles. The fourth-order valence-corrected chi connectivity index (χ4v) is 3.05. The zero-order chi connectivity index (χ0) is 16.7. The van der Waals surface area contributed by atoms with E-state index in [1.165, 1.54) is 12.6 Å². The number of hydrogen-bond acceptors (Lipinski definition) is 4. The lowest BCUT2D eigenvalue weighted by Gasteiger charge is -2.21. The maximum atomic E-state index is 12.0. The Bertz CT molecular complexity index is 547. The van der Waals surface area contributed by atoms with Crippen molar-refractivity contribution in [1.82, 2.24) is 5.43 Å². The van der Waals surface area contributed by atoms with E-state index in [1.54, 1.807) is 6.07 Å². The van der Waals surface area contributed by atoms with Gasteiger partial charge in [-0.3, -0.25) is 4.79 Å². The first-order valence-electron chi connectivity index (χ1n) is 8.56. The Morgan fingerprint density at radius 2 is 2.00 bits per heavy atom. The molecule has 0 bridgehead atoms. The maximum absolute atomic E-state index is 12.0. The predicted octanol–water partition coefficient (Wildman–Crippen LogP) is 3.27. The molecule has 23 heavy (non-hydrogen) atoms. The number of amides is 1. The molecule has 0 saturated heterocycles. The van der Waals surface area contributed by atoms with Gasteiger partial charge < -0.3 is 10.0 Å². The summed E-state index contributed by atoms with van der Waals surface area (Å²) < 4.78 is 0. The smallest absolute Gasteiger partial charge is 0.243 e. The lowest BCUT2D eigenvalue weighted by molar-refractivity contribution is -0.125. The normalized spacial score (nSPS) is 15.7. The van der Waals surface area contributed by atoms with Crippen LogP contribution in [0, 0.1) is 5.92 Å². The number of nitrogens with one attached hydrogen (secondary N) is 1. The molecule has 0 spiro atoms. The largest absolute Gasteiger partial charge is 0.507 e. The average Bonchev–Trinajstić information content (AvgIpc) is 2.58. The number of hydrogen-bond donors (Lipinski definition) is 2. The van der Waals surface area contributed by atoms with Gasteiger partial charge in [0.15, 0.2) is 0 Å². The Labute approximate surface area is 138 Å². The molecule has 1 aromatic rings. The van der Waals surface area contributed by atoms with E-state index in [9.17, 15) is 9.90 Å². The Hall–Kier alpha value is -2.04. The van der Waals surface area contributed by atoms with E-state index < -0.39 is 0 Å². The average molecular weight is 317 g/mol. The van der Waals surface area contributed by atoms with Crippen LogP contribution in [0.25, 0.3) is 0 Å². The molecule has 0 radical (unpaired) electrons. The van der Waals surface area contributed by atoms with Crippen LogP contribution in [0.2, 0.25) is 0 Å². The maximum Gasteiger partial charge on any atom is 0.243 e. The van der Waals surface area contributed by atoms with Gasteiger partial charge in [0, 0.05) is 36.3 Å². The zero-order valence-corrected chi connectivity index (χ0v) is 14.1. The van der Waals surface area contributed by atoms with Crippen molar-refractivity contribution < 1.29 is 9.90 Å². The Kier molecular flexibility index (Phi) is 6.44. The summed E-state index contributed by atoms with van der Waals surface area (Å²) in [6.45, 7) is 5.94. The number of carbonyl (C=O) groups excluding carboxylic acids is 1. The predicted molar refractivity (Wildman–Crippen MR) is 94.0 cm³/mol. The molecule has 1 saturated carbocycles. The first kappa shape index (κ1) is 17.3. The molecule has 1 amide bonds. The lowest BCUT2D eigenvalue weighted by Crippen LogP contribution is -2.28. The van der Waals surface area contributed by atoms with Crippen LogP contribution in [0.15, 0.2) is 23.3 Å². The highest BCUT2D eigenvalue weighted by Crippen LogP contribution is 2.24. The summed E-state index contributed by atoms with van der Waals surface area (Å²) >= 11 is 0. The highest BCUT2D eigenvalue weighted by Gasteiger charge is 2.20. The quantitative estimate of drug-likeness (QED) is 0.625. The van der Waals surface area contributed by atoms with Gasteiger partial charge in [-0.05, 0) is 38.8 Å². The van der Waals surface area contributed by atoms with Crippen LogP contribution in [0.4, 0.5) is 5.69 Å². The Morgan fingerprint density at radius 3 is 2.61 bits per heavy atom. The SMILES string of the molecule is CCN(CC)c1ccc(C=NNC(=O)C2CCCCC2)c(O)c1. The number of rotatable bonds is 6. The Morgan fingerprint density at radius 1 is 1.30 bits per heavy atom. The number of anilines is 1. The van der Waals surface area contributed by atoms with E-state index in [-0.39, 0.29) is 17.6 Å². The fraction of sp³-hybridized carbons (Fsp3) is 0.556. The van der Waals surface area contributed by atoms with Gasteiger partial charge in [0.25, 0.3) is 0 Å². The summed E-state index contributed by atoms with van der Waals surface area (Å²) in [5, 5.41) is 14.1. The molecule has 1 aliphatic rings. The molecule has 2 rings (SSSR count). The van der Waals surface area contributed by atoms with Gasteiger partial charge in [0.05, 0.1) is 6.21 Å². The van der Waals surface area contributed by atoms with Crippen LogP contribution in [0.3, 0.4) is 0 Å². The van der Waals surface area contributed by atoms with Crippen molar-refractivity contribution in [3.8, 4) is 5.75 Å². The Balaban J connectivity index is 1.95. The van der Waals surface area contributed by atoms with Gasteiger partial charge in [-0.25, -0.2) is 5.43 Å². The van der Waals surface area contributed by atoms with Gasteiger partial charge in [-0.15, -0.1) is 0 Å². The lowest BCUT2D eigenvalue weighted by atomic mass is 9.89. The number of hydrazone groups is 1. The van der Waals surface area contributed by atoms with Crippen molar-refractivity contribution >= 4 is 17.8 Å². The van der Waals surface area contributed by atoms with E-state index in [0.29, 0.717) is 5.56 Å². The molecule has 0 unspecified atom stereocenters. The third-order valence-electron chi connectivity index (χ3n) is 4.50. The fourth-order valence-electron chi connectivity index (χ4n) is 3.05. The van der Waals surface area contributed by atoms with E-state index >= 15 is 0 Å². The second-order valence-corrected chi connectivity index (χ2v) is 5.98. The van der Waals surface area contributed by atoms with Crippen LogP contribution in [0.5, 0.6) is 5.75 Å². The van der Waals surface area contributed by atoms with E-state index in [4.69, 9.17) is 0 Å². The minimum absolute atomic E-state index is 0.0137. The topological polar surface area (TPSA) is 64.9 Å². The van der Waals surface area contributed by atoms with Gasteiger partial charge in [0.2, 0.25) is 5.91 Å². The van der Waals surface area contributed by atoms with Gasteiger partial charge in [-0.2, -0.15) is 5.10 Å². The summed E-state index contributed by atoms with van der Waals surface area (Å²) in [6, 6.07) is 5.51. The number of carbonyl (C=O) groups is 1. The first-order chi connectivity index (χ1) is 11.2. The van der Waals surface area contributed by atoms with E-state index in [2.05, 4.69) is 29.3 Å². The zero-order valence-electron chi connectivity index (χ0n) is 14.1. The standard InChI is InChI=1S/C18H27N3O2/c1-3-21(4-2)16-11-10-15(17(22)12-16)13-19-20-18(23)14-8-6-5-7-9-14/h10-14,22H,3-9H2,1-2H3,(H,20,23). The molecule has 1 aromatic carbocycles. The molecular weight excluding hydrogens is 290 g/mol. The van der Waals surface area contributed by atoms with Crippen molar-refractivity contribution in [1.29, 1.82) is 0 Å². The van der Waals surface area contributed by atoms with Gasteiger partial charge in [0.1, 0.15) is 5.75 Å².